The predicted octanol–water partition coefficient (Wildman–Crippen LogP) is 0.829. The van der Waals surface area contributed by atoms with E-state index in [1.54, 1.807) is 0 Å². The summed E-state index contributed by atoms with van der Waals surface area (Å²) in [4.78, 5) is 31.9. The second-order valence-corrected chi connectivity index (χ2v) is 5.13. The van der Waals surface area contributed by atoms with Crippen molar-refractivity contribution in [3.63, 3.8) is 0 Å². The van der Waals surface area contributed by atoms with Gasteiger partial charge in [-0.3, -0.25) is 18.6 Å². The van der Waals surface area contributed by atoms with Gasteiger partial charge in [-0.25, -0.2) is 4.57 Å². The molecule has 0 aromatic rings. The fraction of sp³-hybridized carbons (Fsp3) is 0.750. The average molecular weight is 236 g/mol. The summed E-state index contributed by atoms with van der Waals surface area (Å²) in [7, 11) is -4.34. The molecule has 1 N–H and O–H groups in total. The first-order valence-corrected chi connectivity index (χ1v) is 5.81. The smallest absolute Gasteiger partial charge is 0.302 e. The van der Waals surface area contributed by atoms with Crippen LogP contribution in [0.15, 0.2) is 0 Å². The van der Waals surface area contributed by atoms with Gasteiger partial charge in [0.2, 0.25) is 0 Å². The van der Waals surface area contributed by atoms with Gasteiger partial charge in [-0.05, 0) is 27.7 Å². The maximum absolute atomic E-state index is 11.4. The van der Waals surface area contributed by atoms with Crippen LogP contribution in [-0.2, 0) is 23.2 Å². The van der Waals surface area contributed by atoms with Gasteiger partial charge >= 0.3 is 7.82 Å². The molecule has 0 bridgehead atoms. The number of carbonyl (C=O) groups excluding carboxylic acids is 2. The van der Waals surface area contributed by atoms with Gasteiger partial charge in [0.15, 0.2) is 22.8 Å². The molecule has 1 saturated heterocycles. The van der Waals surface area contributed by atoms with Crippen molar-refractivity contribution >= 4 is 19.4 Å². The number of rotatable bonds is 2. The second-order valence-electron chi connectivity index (χ2n) is 3.83. The van der Waals surface area contributed by atoms with E-state index in [-0.39, 0.29) is 0 Å². The molecule has 0 saturated carbocycles. The standard InChI is InChI=1S/C8H13O6P/c1-5(9)7(3)8(4,6(2)10)14-15(11,12)13-7/h1-4H3,(H,11,12)/t7-,8-/m1/s1. The molecule has 0 aromatic heterocycles. The zero-order valence-electron chi connectivity index (χ0n) is 8.94. The maximum atomic E-state index is 11.4. The van der Waals surface area contributed by atoms with E-state index in [1.165, 1.54) is 27.7 Å². The van der Waals surface area contributed by atoms with Crippen molar-refractivity contribution in [3.05, 3.63) is 0 Å². The lowest BCUT2D eigenvalue weighted by Crippen LogP contribution is -2.56. The molecular weight excluding hydrogens is 223 g/mol. The van der Waals surface area contributed by atoms with Crippen LogP contribution in [0.3, 0.4) is 0 Å². The van der Waals surface area contributed by atoms with Gasteiger partial charge in [-0.15, -0.1) is 0 Å². The van der Waals surface area contributed by atoms with E-state index in [0.717, 1.165) is 0 Å². The van der Waals surface area contributed by atoms with Crippen LogP contribution in [0.2, 0.25) is 0 Å². The van der Waals surface area contributed by atoms with E-state index in [9.17, 15) is 19.0 Å². The minimum absolute atomic E-state index is 0.535. The highest BCUT2D eigenvalue weighted by molar-refractivity contribution is 7.47. The molecule has 7 heteroatoms. The highest BCUT2D eigenvalue weighted by Gasteiger charge is 2.65. The van der Waals surface area contributed by atoms with E-state index in [2.05, 4.69) is 0 Å². The fourth-order valence-electron chi connectivity index (χ4n) is 1.45. The van der Waals surface area contributed by atoms with Crippen molar-refractivity contribution < 1.29 is 28.1 Å². The summed E-state index contributed by atoms with van der Waals surface area (Å²) >= 11 is 0. The first-order valence-electron chi connectivity index (χ1n) is 4.31. The third kappa shape index (κ3) is 1.67. The van der Waals surface area contributed by atoms with Crippen LogP contribution in [-0.4, -0.2) is 27.7 Å². The Hall–Kier alpha value is -0.550. The molecule has 0 radical (unpaired) electrons. The van der Waals surface area contributed by atoms with Crippen LogP contribution in [0.4, 0.5) is 0 Å². The quantitative estimate of drug-likeness (QED) is 0.714. The van der Waals surface area contributed by atoms with Crippen LogP contribution < -0.4 is 0 Å². The SMILES string of the molecule is CC(=O)[C@@]1(C)OP(=O)(O)O[C@]1(C)C(C)=O. The van der Waals surface area contributed by atoms with E-state index in [4.69, 9.17) is 9.05 Å². The Labute approximate surface area is 87.2 Å². The fourth-order valence-corrected chi connectivity index (χ4v) is 3.02. The molecule has 1 heterocycles. The number of hydrogen-bond acceptors (Lipinski definition) is 5. The zero-order chi connectivity index (χ0) is 12.1. The summed E-state index contributed by atoms with van der Waals surface area (Å²) in [6.07, 6.45) is 0. The first kappa shape index (κ1) is 12.5. The number of hydrogen-bond donors (Lipinski definition) is 1. The Kier molecular flexibility index (Phi) is 2.69. The Balaban J connectivity index is 3.33. The average Bonchev–Trinajstić information content (AvgIpc) is 2.19. The lowest BCUT2D eigenvalue weighted by Gasteiger charge is -2.31. The molecule has 0 aliphatic carbocycles. The second kappa shape index (κ2) is 3.22. The monoisotopic (exact) mass is 236 g/mol. The summed E-state index contributed by atoms with van der Waals surface area (Å²) in [5, 5.41) is 0. The molecule has 15 heavy (non-hydrogen) atoms. The predicted molar refractivity (Wildman–Crippen MR) is 50.2 cm³/mol. The molecule has 1 aliphatic rings. The number of carbonyl (C=O) groups is 2. The summed E-state index contributed by atoms with van der Waals surface area (Å²) in [6.45, 7) is 4.89. The van der Waals surface area contributed by atoms with Gasteiger partial charge in [0.25, 0.3) is 0 Å². The molecule has 6 nitrogen and oxygen atoms in total. The first-order chi connectivity index (χ1) is 6.55. The molecule has 0 amide bonds. The van der Waals surface area contributed by atoms with Gasteiger partial charge in [0, 0.05) is 0 Å². The normalized spacial score (nSPS) is 39.0. The van der Waals surface area contributed by atoms with Crippen molar-refractivity contribution in [1.82, 2.24) is 0 Å². The summed E-state index contributed by atoms with van der Waals surface area (Å²) < 4.78 is 20.6. The zero-order valence-corrected chi connectivity index (χ0v) is 9.83. The molecule has 0 spiro atoms. The molecule has 1 fully saturated rings. The number of phosphoric acid groups is 1. The summed E-state index contributed by atoms with van der Waals surface area (Å²) in [6, 6.07) is 0. The van der Waals surface area contributed by atoms with Crippen LogP contribution in [0.25, 0.3) is 0 Å². The van der Waals surface area contributed by atoms with E-state index >= 15 is 0 Å². The van der Waals surface area contributed by atoms with Crippen molar-refractivity contribution in [2.75, 3.05) is 0 Å². The minimum Gasteiger partial charge on any atom is -0.302 e. The topological polar surface area (TPSA) is 89.9 Å². The number of ketones is 2. The molecule has 0 unspecified atom stereocenters. The minimum atomic E-state index is -4.34. The third-order valence-corrected chi connectivity index (χ3v) is 4.04. The highest BCUT2D eigenvalue weighted by Crippen LogP contribution is 2.61. The van der Waals surface area contributed by atoms with E-state index < -0.39 is 30.6 Å². The van der Waals surface area contributed by atoms with Gasteiger partial charge in [0.05, 0.1) is 0 Å². The van der Waals surface area contributed by atoms with Gasteiger partial charge < -0.3 is 4.89 Å². The van der Waals surface area contributed by atoms with E-state index in [1.807, 2.05) is 0 Å². The molecular formula is C8H13O6P. The lowest BCUT2D eigenvalue weighted by atomic mass is 9.80. The summed E-state index contributed by atoms with van der Waals surface area (Å²) in [5.74, 6) is -1.07. The molecule has 1 rings (SSSR count). The molecule has 86 valence electrons. The third-order valence-electron chi connectivity index (χ3n) is 2.85. The highest BCUT2D eigenvalue weighted by atomic mass is 31.2. The Morgan fingerprint density at radius 1 is 1.07 bits per heavy atom. The number of phosphoric ester groups is 1. The number of Topliss-reactive ketones (excluding diaryl/α,β-unsaturated/α-hetero) is 2. The van der Waals surface area contributed by atoms with Crippen molar-refractivity contribution in [3.8, 4) is 0 Å². The van der Waals surface area contributed by atoms with Crippen molar-refractivity contribution in [2.45, 2.75) is 38.9 Å². The Morgan fingerprint density at radius 2 is 1.33 bits per heavy atom. The lowest BCUT2D eigenvalue weighted by molar-refractivity contribution is -0.150. The van der Waals surface area contributed by atoms with Crippen LogP contribution >= 0.6 is 7.82 Å². The maximum Gasteiger partial charge on any atom is 0.474 e. The summed E-state index contributed by atoms with van der Waals surface area (Å²) in [5.41, 5.74) is -3.44. The van der Waals surface area contributed by atoms with Gasteiger partial charge in [-0.2, -0.15) is 0 Å². The van der Waals surface area contributed by atoms with Gasteiger partial charge in [0.1, 0.15) is 0 Å². The molecule has 1 aliphatic heterocycles. The van der Waals surface area contributed by atoms with Crippen molar-refractivity contribution in [2.24, 2.45) is 0 Å². The van der Waals surface area contributed by atoms with E-state index in [0.29, 0.717) is 0 Å². The molecule has 0 aromatic carbocycles. The largest absolute Gasteiger partial charge is 0.474 e. The van der Waals surface area contributed by atoms with Gasteiger partial charge in [-0.1, -0.05) is 0 Å². The van der Waals surface area contributed by atoms with Crippen molar-refractivity contribution in [1.29, 1.82) is 0 Å². The Morgan fingerprint density at radius 3 is 1.53 bits per heavy atom. The van der Waals surface area contributed by atoms with Crippen LogP contribution in [0, 0.1) is 0 Å². The Bertz CT molecular complexity index is 345. The van der Waals surface area contributed by atoms with Crippen LogP contribution in [0.1, 0.15) is 27.7 Å². The van der Waals surface area contributed by atoms with Crippen LogP contribution in [0.5, 0.6) is 0 Å². The molecule has 2 atom stereocenters.